The predicted molar refractivity (Wildman–Crippen MR) is 106 cm³/mol. The van der Waals surface area contributed by atoms with Crippen molar-refractivity contribution in [2.45, 2.75) is 50.1 Å². The van der Waals surface area contributed by atoms with Gasteiger partial charge in [-0.05, 0) is 56.7 Å². The van der Waals surface area contributed by atoms with Gasteiger partial charge in [-0.3, -0.25) is 9.59 Å². The summed E-state index contributed by atoms with van der Waals surface area (Å²) in [5, 5.41) is 9.81. The molecule has 1 heterocycles. The number of hydrogen-bond acceptors (Lipinski definition) is 5. The Bertz CT molecular complexity index is 1040. The lowest BCUT2D eigenvalue weighted by molar-refractivity contribution is -0.125. The second-order valence-electron chi connectivity index (χ2n) is 8.34. The third-order valence-electron chi connectivity index (χ3n) is 6.16. The van der Waals surface area contributed by atoms with Gasteiger partial charge in [0.2, 0.25) is 5.76 Å². The number of benzene rings is 1. The number of nitrogens with zero attached hydrogens (tertiary/aromatic N) is 1. The van der Waals surface area contributed by atoms with Crippen molar-refractivity contribution in [2.75, 3.05) is 6.61 Å². The molecule has 0 saturated heterocycles. The molecule has 31 heavy (non-hydrogen) atoms. The highest BCUT2D eigenvalue weighted by Crippen LogP contribution is 2.49. The van der Waals surface area contributed by atoms with E-state index in [1.807, 2.05) is 0 Å². The van der Waals surface area contributed by atoms with Gasteiger partial charge >= 0.3 is 0 Å². The summed E-state index contributed by atoms with van der Waals surface area (Å²) in [6.45, 7) is 5.58. The summed E-state index contributed by atoms with van der Waals surface area (Å²) < 4.78 is 36.6. The molecule has 9 heteroatoms. The van der Waals surface area contributed by atoms with Crippen LogP contribution in [0.3, 0.4) is 0 Å². The summed E-state index contributed by atoms with van der Waals surface area (Å²) in [6, 6.07) is 4.69. The Labute approximate surface area is 177 Å². The largest absolute Gasteiger partial charge is 0.484 e. The first kappa shape index (κ1) is 21.0. The Kier molecular flexibility index (Phi) is 5.28. The molecule has 1 aromatic carbocycles. The van der Waals surface area contributed by atoms with Gasteiger partial charge in [0.15, 0.2) is 18.2 Å². The minimum absolute atomic E-state index is 0.0713. The first-order valence-corrected chi connectivity index (χ1v) is 10.0. The van der Waals surface area contributed by atoms with Crippen LogP contribution in [0.2, 0.25) is 0 Å². The van der Waals surface area contributed by atoms with Crippen molar-refractivity contribution in [3.8, 4) is 5.75 Å². The van der Waals surface area contributed by atoms with Gasteiger partial charge in [0, 0.05) is 17.7 Å². The molecule has 0 unspecified atom stereocenters. The summed E-state index contributed by atoms with van der Waals surface area (Å²) in [5.74, 6) is -2.47. The predicted octanol–water partition coefficient (Wildman–Crippen LogP) is 3.20. The van der Waals surface area contributed by atoms with Crippen molar-refractivity contribution < 1.29 is 27.6 Å². The van der Waals surface area contributed by atoms with Crippen LogP contribution >= 0.6 is 0 Å². The zero-order valence-electron chi connectivity index (χ0n) is 17.1. The van der Waals surface area contributed by atoms with Gasteiger partial charge in [-0.1, -0.05) is 11.7 Å². The van der Waals surface area contributed by atoms with Crippen LogP contribution in [-0.4, -0.2) is 34.7 Å². The zero-order chi connectivity index (χ0) is 22.2. The molecule has 3 aliphatic rings. The van der Waals surface area contributed by atoms with Crippen LogP contribution in [0.1, 0.15) is 48.4 Å². The molecule has 0 spiro atoms. The molecule has 3 fully saturated rings. The Hall–Kier alpha value is -3.23. The standard InChI is InChI=1S/C22H23F2N3O4/c1-13-11-21(26-20(29)18-9-14(2)27-31-18)5-7-22(13,8-6-21)25-19(28)12-30-15-3-4-16(23)17(24)10-15/h3-4,9-10H,1,5-8,11-12H2,2H3,(H,25,28)(H,26,29). The molecule has 5 rings (SSSR count). The number of aromatic nitrogens is 1. The number of ether oxygens (including phenoxy) is 1. The molecule has 3 saturated carbocycles. The van der Waals surface area contributed by atoms with E-state index in [1.54, 1.807) is 13.0 Å². The van der Waals surface area contributed by atoms with Crippen molar-refractivity contribution in [2.24, 2.45) is 0 Å². The molecule has 0 radical (unpaired) electrons. The van der Waals surface area contributed by atoms with Gasteiger partial charge in [0.05, 0.1) is 11.2 Å². The number of fused-ring (bicyclic) bond motifs is 3. The number of hydrogen-bond donors (Lipinski definition) is 2. The van der Waals surface area contributed by atoms with Crippen LogP contribution in [0.4, 0.5) is 8.78 Å². The molecule has 2 bridgehead atoms. The third kappa shape index (κ3) is 4.17. The molecular formula is C22H23F2N3O4. The van der Waals surface area contributed by atoms with E-state index >= 15 is 0 Å². The highest BCUT2D eigenvalue weighted by Gasteiger charge is 2.52. The highest BCUT2D eigenvalue weighted by molar-refractivity contribution is 5.92. The van der Waals surface area contributed by atoms with Gasteiger partial charge in [0.25, 0.3) is 11.8 Å². The average Bonchev–Trinajstić information content (AvgIpc) is 3.17. The van der Waals surface area contributed by atoms with Crippen LogP contribution < -0.4 is 15.4 Å². The fourth-order valence-corrected chi connectivity index (χ4v) is 4.44. The SMILES string of the molecule is C=C1CC2(NC(=O)c3cc(C)no3)CCC1(NC(=O)COc1ccc(F)c(F)c1)CC2. The molecule has 1 aromatic heterocycles. The van der Waals surface area contributed by atoms with Gasteiger partial charge in [-0.25, -0.2) is 8.78 Å². The molecule has 0 aliphatic heterocycles. The van der Waals surface area contributed by atoms with E-state index in [1.165, 1.54) is 6.07 Å². The second-order valence-corrected chi connectivity index (χ2v) is 8.34. The molecule has 3 aliphatic carbocycles. The Morgan fingerprint density at radius 2 is 1.90 bits per heavy atom. The van der Waals surface area contributed by atoms with Crippen LogP contribution in [-0.2, 0) is 4.79 Å². The number of amides is 2. The van der Waals surface area contributed by atoms with Gasteiger partial charge < -0.3 is 19.9 Å². The summed E-state index contributed by atoms with van der Waals surface area (Å²) in [5.41, 5.74) is 0.472. The first-order chi connectivity index (χ1) is 14.7. The van der Waals surface area contributed by atoms with Crippen molar-refractivity contribution >= 4 is 11.8 Å². The third-order valence-corrected chi connectivity index (χ3v) is 6.16. The molecule has 7 nitrogen and oxygen atoms in total. The molecule has 164 valence electrons. The number of aryl methyl sites for hydroxylation is 1. The van der Waals surface area contributed by atoms with Gasteiger partial charge in [-0.2, -0.15) is 0 Å². The van der Waals surface area contributed by atoms with Crippen molar-refractivity contribution in [3.63, 3.8) is 0 Å². The van der Waals surface area contributed by atoms with E-state index in [0.717, 1.165) is 17.7 Å². The summed E-state index contributed by atoms with van der Waals surface area (Å²) in [7, 11) is 0. The van der Waals surface area contributed by atoms with Gasteiger partial charge in [-0.15, -0.1) is 0 Å². The lowest BCUT2D eigenvalue weighted by Crippen LogP contribution is -2.65. The number of halogens is 2. The molecule has 2 N–H and O–H groups in total. The van der Waals surface area contributed by atoms with Crippen molar-refractivity contribution in [1.82, 2.24) is 15.8 Å². The lowest BCUT2D eigenvalue weighted by Gasteiger charge is -2.55. The highest BCUT2D eigenvalue weighted by atomic mass is 19.2. The maximum absolute atomic E-state index is 13.3. The fraction of sp³-hybridized carbons (Fsp3) is 0.409. The summed E-state index contributed by atoms with van der Waals surface area (Å²) in [6.07, 6.45) is 3.14. The number of carbonyl (C=O) groups excluding carboxylic acids is 2. The quantitative estimate of drug-likeness (QED) is 0.686. The van der Waals surface area contributed by atoms with E-state index in [9.17, 15) is 18.4 Å². The molecule has 0 atom stereocenters. The number of nitrogens with one attached hydrogen (secondary N) is 2. The summed E-state index contributed by atoms with van der Waals surface area (Å²) >= 11 is 0. The van der Waals surface area contributed by atoms with Crippen LogP contribution in [0, 0.1) is 18.6 Å². The van der Waals surface area contributed by atoms with E-state index in [4.69, 9.17) is 9.26 Å². The minimum Gasteiger partial charge on any atom is -0.484 e. The maximum Gasteiger partial charge on any atom is 0.290 e. The maximum atomic E-state index is 13.3. The molecule has 2 amide bonds. The average molecular weight is 431 g/mol. The Balaban J connectivity index is 1.35. The van der Waals surface area contributed by atoms with Gasteiger partial charge in [0.1, 0.15) is 5.75 Å². The topological polar surface area (TPSA) is 93.5 Å². The van der Waals surface area contributed by atoms with Crippen molar-refractivity contribution in [3.05, 3.63) is 59.5 Å². The number of rotatable bonds is 6. The first-order valence-electron chi connectivity index (χ1n) is 10.0. The number of carbonyl (C=O) groups is 2. The normalized spacial score (nSPS) is 24.7. The van der Waals surface area contributed by atoms with E-state index in [-0.39, 0.29) is 29.9 Å². The van der Waals surface area contributed by atoms with E-state index < -0.39 is 22.7 Å². The summed E-state index contributed by atoms with van der Waals surface area (Å²) in [4.78, 5) is 25.0. The smallest absolute Gasteiger partial charge is 0.290 e. The monoisotopic (exact) mass is 431 g/mol. The Morgan fingerprint density at radius 1 is 1.16 bits per heavy atom. The van der Waals surface area contributed by atoms with Crippen LogP contribution in [0.15, 0.2) is 40.9 Å². The molecular weight excluding hydrogens is 408 g/mol. The molecule has 2 aromatic rings. The van der Waals surface area contributed by atoms with Crippen molar-refractivity contribution in [1.29, 1.82) is 0 Å². The zero-order valence-corrected chi connectivity index (χ0v) is 17.1. The lowest BCUT2D eigenvalue weighted by atomic mass is 9.59. The second kappa shape index (κ2) is 7.79. The fourth-order valence-electron chi connectivity index (χ4n) is 4.44. The van der Waals surface area contributed by atoms with Crippen LogP contribution in [0.5, 0.6) is 5.75 Å². The van der Waals surface area contributed by atoms with Crippen LogP contribution in [0.25, 0.3) is 0 Å². The van der Waals surface area contributed by atoms with E-state index in [2.05, 4.69) is 22.4 Å². The minimum atomic E-state index is -1.04. The Morgan fingerprint density at radius 3 is 2.52 bits per heavy atom. The van der Waals surface area contributed by atoms with E-state index in [0.29, 0.717) is 37.8 Å².